The van der Waals surface area contributed by atoms with E-state index in [-0.39, 0.29) is 17.4 Å². The van der Waals surface area contributed by atoms with E-state index in [0.717, 1.165) is 27.6 Å². The van der Waals surface area contributed by atoms with Crippen LogP contribution >= 0.6 is 0 Å². The molecule has 0 unspecified atom stereocenters. The summed E-state index contributed by atoms with van der Waals surface area (Å²) in [6.07, 6.45) is 0.675. The number of rotatable bonds is 9. The van der Waals surface area contributed by atoms with Gasteiger partial charge in [-0.25, -0.2) is 12.8 Å². The molecule has 0 heterocycles. The van der Waals surface area contributed by atoms with E-state index in [1.54, 1.807) is 0 Å². The Labute approximate surface area is 182 Å². The summed E-state index contributed by atoms with van der Waals surface area (Å²) < 4.78 is 39.1. The largest absolute Gasteiger partial charge is 0.355 e. The van der Waals surface area contributed by atoms with Crippen LogP contribution in [0, 0.1) is 5.82 Å². The predicted molar refractivity (Wildman–Crippen MR) is 119 cm³/mol. The molecule has 1 N–H and O–H groups in total. The molecule has 3 rings (SSSR count). The summed E-state index contributed by atoms with van der Waals surface area (Å²) in [5.41, 5.74) is 2.30. The van der Waals surface area contributed by atoms with Crippen molar-refractivity contribution in [1.82, 2.24) is 9.62 Å². The number of likely N-dealkylation sites (N-methyl/N-ethyl adjacent to an activating group) is 1. The van der Waals surface area contributed by atoms with Crippen molar-refractivity contribution < 1.29 is 17.6 Å². The molecule has 0 saturated heterocycles. The van der Waals surface area contributed by atoms with E-state index >= 15 is 0 Å². The van der Waals surface area contributed by atoms with Crippen LogP contribution in [0.2, 0.25) is 0 Å². The quantitative estimate of drug-likeness (QED) is 0.551. The molecule has 1 amide bonds. The van der Waals surface area contributed by atoms with Gasteiger partial charge in [0.1, 0.15) is 5.82 Å². The average Bonchev–Trinajstić information content (AvgIpc) is 2.78. The van der Waals surface area contributed by atoms with Crippen molar-refractivity contribution in [1.29, 1.82) is 0 Å². The van der Waals surface area contributed by atoms with Crippen LogP contribution in [0.5, 0.6) is 0 Å². The Kier molecular flexibility index (Phi) is 7.55. The van der Waals surface area contributed by atoms with Gasteiger partial charge in [0.2, 0.25) is 15.9 Å². The van der Waals surface area contributed by atoms with Crippen LogP contribution in [0.15, 0.2) is 89.8 Å². The summed E-state index contributed by atoms with van der Waals surface area (Å²) in [7, 11) is -2.54. The Balaban J connectivity index is 1.60. The van der Waals surface area contributed by atoms with Gasteiger partial charge < -0.3 is 5.32 Å². The van der Waals surface area contributed by atoms with Crippen LogP contribution in [-0.2, 0) is 14.8 Å². The summed E-state index contributed by atoms with van der Waals surface area (Å²) in [5.74, 6) is -0.804. The fourth-order valence-corrected chi connectivity index (χ4v) is 4.51. The molecule has 0 aromatic heterocycles. The molecule has 0 aliphatic heterocycles. The van der Waals surface area contributed by atoms with Gasteiger partial charge in [0.05, 0.1) is 11.4 Å². The van der Waals surface area contributed by atoms with Crippen molar-refractivity contribution in [2.45, 2.75) is 17.2 Å². The van der Waals surface area contributed by atoms with Crippen LogP contribution in [-0.4, -0.2) is 38.8 Å². The first-order chi connectivity index (χ1) is 14.9. The number of carbonyl (C=O) groups is 1. The standard InChI is InChI=1S/C24H25FN2O3S/c1-27(31(29,30)22-14-12-21(25)13-15-22)18-24(28)26-17-16-23(19-8-4-2-5-9-19)20-10-6-3-7-11-20/h2-15,23H,16-18H2,1H3,(H,26,28). The first-order valence-electron chi connectivity index (χ1n) is 9.96. The van der Waals surface area contributed by atoms with Gasteiger partial charge in [-0.2, -0.15) is 4.31 Å². The highest BCUT2D eigenvalue weighted by molar-refractivity contribution is 7.89. The molecule has 7 heteroatoms. The minimum Gasteiger partial charge on any atom is -0.355 e. The topological polar surface area (TPSA) is 66.5 Å². The number of benzene rings is 3. The Morgan fingerprint density at radius 3 is 1.94 bits per heavy atom. The van der Waals surface area contributed by atoms with Gasteiger partial charge in [0, 0.05) is 19.5 Å². The zero-order valence-electron chi connectivity index (χ0n) is 17.2. The summed E-state index contributed by atoms with van der Waals surface area (Å²) in [5, 5.41) is 2.81. The number of halogens is 1. The van der Waals surface area contributed by atoms with Crippen LogP contribution in [0.1, 0.15) is 23.5 Å². The normalized spacial score (nSPS) is 11.6. The van der Waals surface area contributed by atoms with Gasteiger partial charge in [0.25, 0.3) is 0 Å². The summed E-state index contributed by atoms with van der Waals surface area (Å²) in [6, 6.07) is 24.6. The fourth-order valence-electron chi connectivity index (χ4n) is 3.38. The third kappa shape index (κ3) is 5.99. The maximum absolute atomic E-state index is 13.1. The third-order valence-corrected chi connectivity index (χ3v) is 6.86. The minimum absolute atomic E-state index is 0.0579. The van der Waals surface area contributed by atoms with Gasteiger partial charge in [0.15, 0.2) is 0 Å². The molecule has 162 valence electrons. The molecule has 0 aliphatic rings. The van der Waals surface area contributed by atoms with Crippen molar-refractivity contribution in [3.8, 4) is 0 Å². The molecule has 5 nitrogen and oxygen atoms in total. The lowest BCUT2D eigenvalue weighted by Gasteiger charge is -2.20. The monoisotopic (exact) mass is 440 g/mol. The number of nitrogens with zero attached hydrogens (tertiary/aromatic N) is 1. The third-order valence-electron chi connectivity index (χ3n) is 5.05. The van der Waals surface area contributed by atoms with E-state index < -0.39 is 21.7 Å². The molecule has 0 saturated carbocycles. The van der Waals surface area contributed by atoms with Gasteiger partial charge >= 0.3 is 0 Å². The van der Waals surface area contributed by atoms with E-state index in [0.29, 0.717) is 13.0 Å². The molecule has 0 spiro atoms. The summed E-state index contributed by atoms with van der Waals surface area (Å²) in [4.78, 5) is 12.3. The van der Waals surface area contributed by atoms with E-state index in [9.17, 15) is 17.6 Å². The highest BCUT2D eigenvalue weighted by atomic mass is 32.2. The van der Waals surface area contributed by atoms with E-state index in [1.807, 2.05) is 36.4 Å². The SMILES string of the molecule is CN(CC(=O)NCCC(c1ccccc1)c1ccccc1)S(=O)(=O)c1ccc(F)cc1. The highest BCUT2D eigenvalue weighted by Gasteiger charge is 2.23. The minimum atomic E-state index is -3.87. The van der Waals surface area contributed by atoms with E-state index in [2.05, 4.69) is 29.6 Å². The number of sulfonamides is 1. The fraction of sp³-hybridized carbons (Fsp3) is 0.208. The lowest BCUT2D eigenvalue weighted by atomic mass is 9.88. The van der Waals surface area contributed by atoms with Gasteiger partial charge in [-0.15, -0.1) is 0 Å². The Morgan fingerprint density at radius 2 is 1.42 bits per heavy atom. The van der Waals surface area contributed by atoms with Crippen molar-refractivity contribution in [3.05, 3.63) is 102 Å². The maximum atomic E-state index is 13.1. The Bertz CT molecular complexity index is 1050. The maximum Gasteiger partial charge on any atom is 0.243 e. The lowest BCUT2D eigenvalue weighted by Crippen LogP contribution is -2.38. The highest BCUT2D eigenvalue weighted by Crippen LogP contribution is 2.27. The van der Waals surface area contributed by atoms with Gasteiger partial charge in [-0.1, -0.05) is 60.7 Å². The summed E-state index contributed by atoms with van der Waals surface area (Å²) >= 11 is 0. The van der Waals surface area contributed by atoms with Crippen molar-refractivity contribution in [3.63, 3.8) is 0 Å². The first kappa shape index (κ1) is 22.7. The molecule has 0 bridgehead atoms. The van der Waals surface area contributed by atoms with Crippen LogP contribution in [0.25, 0.3) is 0 Å². The molecule has 31 heavy (non-hydrogen) atoms. The predicted octanol–water partition coefficient (Wildman–Crippen LogP) is 3.78. The van der Waals surface area contributed by atoms with Crippen molar-refractivity contribution in [2.75, 3.05) is 20.1 Å². The number of hydrogen-bond donors (Lipinski definition) is 1. The average molecular weight is 441 g/mol. The molecular weight excluding hydrogens is 415 g/mol. The second kappa shape index (κ2) is 10.3. The number of hydrogen-bond acceptors (Lipinski definition) is 3. The lowest BCUT2D eigenvalue weighted by molar-refractivity contribution is -0.121. The number of nitrogens with one attached hydrogen (secondary N) is 1. The van der Waals surface area contributed by atoms with E-state index in [4.69, 9.17) is 0 Å². The van der Waals surface area contributed by atoms with Crippen LogP contribution < -0.4 is 5.32 Å². The smallest absolute Gasteiger partial charge is 0.243 e. The second-order valence-corrected chi connectivity index (χ2v) is 9.27. The Morgan fingerprint density at radius 1 is 0.903 bits per heavy atom. The zero-order valence-corrected chi connectivity index (χ0v) is 18.1. The molecular formula is C24H25FN2O3S. The molecule has 0 aliphatic carbocycles. The van der Waals surface area contributed by atoms with Crippen molar-refractivity contribution >= 4 is 15.9 Å². The van der Waals surface area contributed by atoms with Crippen LogP contribution in [0.4, 0.5) is 4.39 Å². The number of carbonyl (C=O) groups excluding carboxylic acids is 1. The molecule has 3 aromatic carbocycles. The Hall–Kier alpha value is -3.03. The first-order valence-corrected chi connectivity index (χ1v) is 11.4. The summed E-state index contributed by atoms with van der Waals surface area (Å²) in [6.45, 7) is 0.0821. The molecule has 0 fully saturated rings. The molecule has 0 radical (unpaired) electrons. The van der Waals surface area contributed by atoms with Gasteiger partial charge in [-0.05, 0) is 41.8 Å². The molecule has 3 aromatic rings. The zero-order chi connectivity index (χ0) is 22.3. The number of amides is 1. The molecule has 0 atom stereocenters. The van der Waals surface area contributed by atoms with Crippen LogP contribution in [0.3, 0.4) is 0 Å². The van der Waals surface area contributed by atoms with E-state index in [1.165, 1.54) is 19.2 Å². The van der Waals surface area contributed by atoms with Gasteiger partial charge in [-0.3, -0.25) is 4.79 Å². The second-order valence-electron chi connectivity index (χ2n) is 7.23. The van der Waals surface area contributed by atoms with Crippen molar-refractivity contribution in [2.24, 2.45) is 0 Å².